The van der Waals surface area contributed by atoms with E-state index in [4.69, 9.17) is 4.74 Å². The molecule has 0 aliphatic heterocycles. The molecule has 0 saturated carbocycles. The maximum absolute atomic E-state index is 12.7. The Hall–Kier alpha value is -3.60. The number of carbonyl (C=O) groups excluding carboxylic acids is 2. The smallest absolute Gasteiger partial charge is 0.262 e. The first-order chi connectivity index (χ1) is 16.3. The fourth-order valence-electron chi connectivity index (χ4n) is 4.15. The summed E-state index contributed by atoms with van der Waals surface area (Å²) in [5.41, 5.74) is 5.70. The highest BCUT2D eigenvalue weighted by Crippen LogP contribution is 2.26. The molecule has 5 nitrogen and oxygen atoms in total. The van der Waals surface area contributed by atoms with Crippen LogP contribution in [-0.2, 0) is 23.1 Å². The Kier molecular flexibility index (Phi) is 7.01. The molecular formula is C29H32N2O3. The lowest BCUT2D eigenvalue weighted by molar-refractivity contribution is -0.118. The third-order valence-electron chi connectivity index (χ3n) is 6.11. The van der Waals surface area contributed by atoms with Gasteiger partial charge in [0, 0.05) is 16.9 Å². The molecule has 3 aromatic rings. The molecule has 34 heavy (non-hydrogen) atoms. The van der Waals surface area contributed by atoms with E-state index in [1.165, 1.54) is 29.5 Å². The first kappa shape index (κ1) is 23.6. The van der Waals surface area contributed by atoms with Crippen LogP contribution < -0.4 is 15.4 Å². The van der Waals surface area contributed by atoms with Crippen LogP contribution in [0.2, 0.25) is 0 Å². The van der Waals surface area contributed by atoms with Crippen molar-refractivity contribution in [3.8, 4) is 5.75 Å². The summed E-state index contributed by atoms with van der Waals surface area (Å²) in [7, 11) is 0. The largest absolute Gasteiger partial charge is 0.484 e. The predicted octanol–water partition coefficient (Wildman–Crippen LogP) is 6.13. The molecule has 0 bridgehead atoms. The zero-order valence-corrected chi connectivity index (χ0v) is 20.1. The fourth-order valence-corrected chi connectivity index (χ4v) is 4.15. The molecule has 0 aromatic heterocycles. The third-order valence-corrected chi connectivity index (χ3v) is 6.11. The van der Waals surface area contributed by atoms with E-state index in [1.807, 2.05) is 36.4 Å². The highest BCUT2D eigenvalue weighted by atomic mass is 16.5. The van der Waals surface area contributed by atoms with Crippen molar-refractivity contribution in [2.75, 3.05) is 17.2 Å². The van der Waals surface area contributed by atoms with Crippen molar-refractivity contribution in [2.45, 2.75) is 51.9 Å². The molecule has 176 valence electrons. The van der Waals surface area contributed by atoms with Crippen LogP contribution in [0.25, 0.3) is 0 Å². The Balaban J connectivity index is 1.32. The Bertz CT molecular complexity index is 1180. The van der Waals surface area contributed by atoms with Gasteiger partial charge in [0.2, 0.25) is 0 Å². The molecule has 2 N–H and O–H groups in total. The van der Waals surface area contributed by atoms with Crippen LogP contribution in [-0.4, -0.2) is 18.4 Å². The molecule has 0 saturated heterocycles. The monoisotopic (exact) mass is 456 g/mol. The summed E-state index contributed by atoms with van der Waals surface area (Å²) in [5.74, 6) is 0.271. The van der Waals surface area contributed by atoms with Gasteiger partial charge in [0.25, 0.3) is 11.8 Å². The molecule has 0 spiro atoms. The van der Waals surface area contributed by atoms with E-state index in [0.717, 1.165) is 12.8 Å². The van der Waals surface area contributed by atoms with Gasteiger partial charge in [-0.3, -0.25) is 9.59 Å². The van der Waals surface area contributed by atoms with E-state index in [0.29, 0.717) is 22.7 Å². The number of hydrogen-bond acceptors (Lipinski definition) is 3. The number of amides is 2. The average Bonchev–Trinajstić information content (AvgIpc) is 2.82. The lowest BCUT2D eigenvalue weighted by atomic mass is 9.87. The number of rotatable bonds is 6. The molecule has 2 amide bonds. The number of carbonyl (C=O) groups is 2. The Morgan fingerprint density at radius 3 is 2.21 bits per heavy atom. The minimum absolute atomic E-state index is 0.0329. The van der Waals surface area contributed by atoms with Gasteiger partial charge in [0.1, 0.15) is 5.75 Å². The molecule has 1 aliphatic carbocycles. The summed E-state index contributed by atoms with van der Waals surface area (Å²) in [5, 5.41) is 5.73. The summed E-state index contributed by atoms with van der Waals surface area (Å²) in [6.07, 6.45) is 4.62. The lowest BCUT2D eigenvalue weighted by Crippen LogP contribution is -2.20. The molecule has 0 heterocycles. The van der Waals surface area contributed by atoms with Crippen molar-refractivity contribution >= 4 is 23.2 Å². The zero-order valence-electron chi connectivity index (χ0n) is 20.1. The highest BCUT2D eigenvalue weighted by molar-refractivity contribution is 6.04. The molecule has 1 aliphatic rings. The minimum Gasteiger partial charge on any atom is -0.484 e. The second-order valence-corrected chi connectivity index (χ2v) is 9.84. The van der Waals surface area contributed by atoms with Gasteiger partial charge in [-0.1, -0.05) is 45.0 Å². The van der Waals surface area contributed by atoms with Gasteiger partial charge in [-0.25, -0.2) is 0 Å². The topological polar surface area (TPSA) is 67.4 Å². The average molecular weight is 457 g/mol. The summed E-state index contributed by atoms with van der Waals surface area (Å²) in [6.45, 7) is 6.34. The number of aryl methyl sites for hydroxylation is 2. The summed E-state index contributed by atoms with van der Waals surface area (Å²) < 4.78 is 5.71. The maximum atomic E-state index is 12.7. The van der Waals surface area contributed by atoms with Crippen LogP contribution in [0.15, 0.2) is 66.7 Å². The van der Waals surface area contributed by atoms with Crippen molar-refractivity contribution < 1.29 is 14.3 Å². The van der Waals surface area contributed by atoms with Crippen LogP contribution in [0.1, 0.15) is 60.7 Å². The Morgan fingerprint density at radius 1 is 0.824 bits per heavy atom. The van der Waals surface area contributed by atoms with E-state index in [9.17, 15) is 9.59 Å². The zero-order chi connectivity index (χ0) is 24.1. The molecular weight excluding hydrogens is 424 g/mol. The quantitative estimate of drug-likeness (QED) is 0.469. The second kappa shape index (κ2) is 10.1. The standard InChI is InChI=1S/C29H32N2O3/c1-29(2,3)23-14-11-21(12-15-23)28(33)31-25-10-6-9-24(18-25)30-27(32)19-34-26-16-13-20-7-4-5-8-22(20)17-26/h6,9-18H,4-5,7-8,19H2,1-3H3,(H,30,32)(H,31,33). The van der Waals surface area contributed by atoms with Crippen LogP contribution in [0.4, 0.5) is 11.4 Å². The van der Waals surface area contributed by atoms with E-state index < -0.39 is 0 Å². The minimum atomic E-state index is -0.251. The summed E-state index contributed by atoms with van der Waals surface area (Å²) in [6, 6.07) is 20.8. The van der Waals surface area contributed by atoms with Crippen LogP contribution in [0.5, 0.6) is 5.75 Å². The number of hydrogen-bond donors (Lipinski definition) is 2. The third kappa shape index (κ3) is 6.04. The van der Waals surface area contributed by atoms with Gasteiger partial charge in [-0.2, -0.15) is 0 Å². The number of fused-ring (bicyclic) bond motifs is 1. The highest BCUT2D eigenvalue weighted by Gasteiger charge is 2.15. The molecule has 4 rings (SSSR count). The fraction of sp³-hybridized carbons (Fsp3) is 0.310. The van der Waals surface area contributed by atoms with Gasteiger partial charge in [-0.05, 0) is 90.3 Å². The number of ether oxygens (including phenoxy) is 1. The molecule has 3 aromatic carbocycles. The van der Waals surface area contributed by atoms with Crippen molar-refractivity contribution in [2.24, 2.45) is 0 Å². The van der Waals surface area contributed by atoms with Gasteiger partial charge in [-0.15, -0.1) is 0 Å². The molecule has 0 unspecified atom stereocenters. The van der Waals surface area contributed by atoms with Gasteiger partial charge in [0.05, 0.1) is 0 Å². The normalized spacial score (nSPS) is 13.0. The van der Waals surface area contributed by atoms with Gasteiger partial charge >= 0.3 is 0 Å². The predicted molar refractivity (Wildman–Crippen MR) is 137 cm³/mol. The van der Waals surface area contributed by atoms with Gasteiger partial charge < -0.3 is 15.4 Å². The SMILES string of the molecule is CC(C)(C)c1ccc(C(=O)Nc2cccc(NC(=O)COc3ccc4c(c3)CCCC4)c2)cc1. The second-order valence-electron chi connectivity index (χ2n) is 9.84. The van der Waals surface area contributed by atoms with Gasteiger partial charge in [0.15, 0.2) is 6.61 Å². The van der Waals surface area contributed by atoms with Crippen molar-refractivity contribution in [3.63, 3.8) is 0 Å². The van der Waals surface area contributed by atoms with Crippen LogP contribution >= 0.6 is 0 Å². The Labute approximate surface area is 201 Å². The van der Waals surface area contributed by atoms with E-state index in [1.54, 1.807) is 24.3 Å². The van der Waals surface area contributed by atoms with Crippen LogP contribution in [0.3, 0.4) is 0 Å². The van der Waals surface area contributed by atoms with E-state index in [-0.39, 0.29) is 23.8 Å². The number of benzene rings is 3. The maximum Gasteiger partial charge on any atom is 0.262 e. The van der Waals surface area contributed by atoms with E-state index >= 15 is 0 Å². The molecule has 0 atom stereocenters. The molecule has 0 fully saturated rings. The summed E-state index contributed by atoms with van der Waals surface area (Å²) >= 11 is 0. The Morgan fingerprint density at radius 2 is 1.50 bits per heavy atom. The van der Waals surface area contributed by atoms with E-state index in [2.05, 4.69) is 37.5 Å². The summed E-state index contributed by atoms with van der Waals surface area (Å²) in [4.78, 5) is 25.1. The number of nitrogens with one attached hydrogen (secondary N) is 2. The molecule has 5 heteroatoms. The van der Waals surface area contributed by atoms with Crippen molar-refractivity contribution in [1.82, 2.24) is 0 Å². The lowest BCUT2D eigenvalue weighted by Gasteiger charge is -2.19. The first-order valence-corrected chi connectivity index (χ1v) is 11.8. The van der Waals surface area contributed by atoms with Crippen LogP contribution in [0, 0.1) is 0 Å². The van der Waals surface area contributed by atoms with Crippen molar-refractivity contribution in [3.05, 3.63) is 89.0 Å². The molecule has 0 radical (unpaired) electrons. The van der Waals surface area contributed by atoms with Crippen molar-refractivity contribution in [1.29, 1.82) is 0 Å². The number of anilines is 2. The first-order valence-electron chi connectivity index (χ1n) is 11.8.